The number of ether oxygens (including phenoxy) is 1. The Morgan fingerprint density at radius 3 is 2.55 bits per heavy atom. The van der Waals surface area contributed by atoms with Crippen LogP contribution in [0.1, 0.15) is 74.1 Å². The molecule has 1 amide bonds. The highest BCUT2D eigenvalue weighted by Crippen LogP contribution is 2.61. The molecule has 3 atom stereocenters. The van der Waals surface area contributed by atoms with Crippen molar-refractivity contribution in [1.82, 2.24) is 5.43 Å². The van der Waals surface area contributed by atoms with Crippen LogP contribution in [0.15, 0.2) is 5.10 Å². The van der Waals surface area contributed by atoms with E-state index in [0.717, 1.165) is 18.6 Å². The van der Waals surface area contributed by atoms with Gasteiger partial charge in [0.2, 0.25) is 0 Å². The number of carbonyl (C=O) groups is 1. The van der Waals surface area contributed by atoms with Gasteiger partial charge in [-0.2, -0.15) is 5.10 Å². The Morgan fingerprint density at radius 2 is 2.00 bits per heavy atom. The first-order valence-electron chi connectivity index (χ1n) is 8.52. The minimum atomic E-state index is -0.447. The van der Waals surface area contributed by atoms with E-state index in [1.165, 1.54) is 12.8 Å². The van der Waals surface area contributed by atoms with Gasteiger partial charge in [0.25, 0.3) is 0 Å². The van der Waals surface area contributed by atoms with Crippen molar-refractivity contribution in [3.63, 3.8) is 0 Å². The van der Waals surface area contributed by atoms with E-state index in [-0.39, 0.29) is 22.3 Å². The van der Waals surface area contributed by atoms with E-state index < -0.39 is 6.09 Å². The van der Waals surface area contributed by atoms with Gasteiger partial charge in [-0.15, -0.1) is 0 Å². The molecule has 2 bridgehead atoms. The van der Waals surface area contributed by atoms with Crippen LogP contribution in [-0.4, -0.2) is 17.9 Å². The lowest BCUT2D eigenvalue weighted by Gasteiger charge is -2.45. The largest absolute Gasteiger partial charge is 0.445 e. The molecule has 0 aromatic carbocycles. The van der Waals surface area contributed by atoms with Gasteiger partial charge in [0.1, 0.15) is 6.10 Å². The zero-order valence-corrected chi connectivity index (χ0v) is 15.2. The maximum atomic E-state index is 12.0. The molecule has 2 saturated carbocycles. The van der Waals surface area contributed by atoms with Crippen molar-refractivity contribution < 1.29 is 9.53 Å². The van der Waals surface area contributed by atoms with Crippen LogP contribution in [0.3, 0.4) is 0 Å². The summed E-state index contributed by atoms with van der Waals surface area (Å²) in [6.07, 6.45) is 4.09. The van der Waals surface area contributed by atoms with Crippen molar-refractivity contribution >= 4 is 11.8 Å². The zero-order chi connectivity index (χ0) is 16.8. The van der Waals surface area contributed by atoms with Gasteiger partial charge in [-0.3, -0.25) is 0 Å². The standard InChI is InChI=1S/C18H32N2O2/c1-12(16(2,3)4)22-15(21)20-19-14-11-13-9-8-10-18(14,7)17(13,5)6/h12-13H,8-11H2,1-7H3,(H,20,21). The van der Waals surface area contributed by atoms with Crippen LogP contribution < -0.4 is 5.43 Å². The zero-order valence-electron chi connectivity index (χ0n) is 15.2. The summed E-state index contributed by atoms with van der Waals surface area (Å²) in [7, 11) is 0. The minimum Gasteiger partial charge on any atom is -0.445 e. The van der Waals surface area contributed by atoms with Crippen molar-refractivity contribution in [2.24, 2.45) is 27.3 Å². The number of nitrogens with one attached hydrogen (secondary N) is 1. The lowest BCUT2D eigenvalue weighted by Crippen LogP contribution is -2.41. The van der Waals surface area contributed by atoms with Crippen LogP contribution in [0.25, 0.3) is 0 Å². The molecular formula is C18H32N2O2. The summed E-state index contributed by atoms with van der Waals surface area (Å²) in [5.74, 6) is 0.677. The fourth-order valence-electron chi connectivity index (χ4n) is 3.81. The summed E-state index contributed by atoms with van der Waals surface area (Å²) in [5.41, 5.74) is 4.06. The van der Waals surface area contributed by atoms with Gasteiger partial charge in [-0.25, -0.2) is 10.2 Å². The molecular weight excluding hydrogens is 276 g/mol. The fraction of sp³-hybridized carbons (Fsp3) is 0.889. The first-order valence-corrected chi connectivity index (χ1v) is 8.52. The van der Waals surface area contributed by atoms with Gasteiger partial charge >= 0.3 is 6.09 Å². The number of rotatable bonds is 2. The van der Waals surface area contributed by atoms with Gasteiger partial charge in [-0.1, -0.05) is 48.0 Å². The molecule has 0 saturated heterocycles. The second-order valence-corrected chi connectivity index (χ2v) is 8.93. The van der Waals surface area contributed by atoms with Crippen molar-refractivity contribution in [1.29, 1.82) is 0 Å². The molecule has 1 N–H and O–H groups in total. The number of fused-ring (bicyclic) bond motifs is 2. The summed E-state index contributed by atoms with van der Waals surface area (Å²) in [6.45, 7) is 15.1. The Bertz CT molecular complexity index is 476. The van der Waals surface area contributed by atoms with Crippen LogP contribution in [0, 0.1) is 22.2 Å². The molecule has 126 valence electrons. The molecule has 4 nitrogen and oxygen atoms in total. The Kier molecular flexibility index (Phi) is 4.35. The smallest absolute Gasteiger partial charge is 0.428 e. The highest BCUT2D eigenvalue weighted by molar-refractivity contribution is 5.94. The summed E-state index contributed by atoms with van der Waals surface area (Å²) in [5, 5.41) is 4.46. The van der Waals surface area contributed by atoms with E-state index >= 15 is 0 Å². The molecule has 4 heteroatoms. The van der Waals surface area contributed by atoms with Crippen LogP contribution >= 0.6 is 0 Å². The maximum absolute atomic E-state index is 12.0. The summed E-state index contributed by atoms with van der Waals surface area (Å²) < 4.78 is 5.41. The fourth-order valence-corrected chi connectivity index (χ4v) is 3.81. The van der Waals surface area contributed by atoms with Gasteiger partial charge < -0.3 is 4.74 Å². The second-order valence-electron chi connectivity index (χ2n) is 8.93. The normalized spacial score (nSPS) is 33.6. The van der Waals surface area contributed by atoms with E-state index in [0.29, 0.717) is 5.92 Å². The lowest BCUT2D eigenvalue weighted by molar-refractivity contribution is 0.0436. The molecule has 0 aliphatic heterocycles. The van der Waals surface area contributed by atoms with Crippen LogP contribution in [0.4, 0.5) is 4.79 Å². The molecule has 2 rings (SSSR count). The Hall–Kier alpha value is -1.06. The Labute approximate surface area is 135 Å². The van der Waals surface area contributed by atoms with Crippen LogP contribution in [0.5, 0.6) is 0 Å². The first kappa shape index (κ1) is 17.3. The molecule has 22 heavy (non-hydrogen) atoms. The molecule has 0 aromatic heterocycles. The molecule has 0 radical (unpaired) electrons. The highest BCUT2D eigenvalue weighted by atomic mass is 16.6. The molecule has 2 aliphatic carbocycles. The highest BCUT2D eigenvalue weighted by Gasteiger charge is 2.57. The predicted molar refractivity (Wildman–Crippen MR) is 89.8 cm³/mol. The number of nitrogens with zero attached hydrogens (tertiary/aromatic N) is 1. The van der Waals surface area contributed by atoms with E-state index in [4.69, 9.17) is 4.74 Å². The molecule has 2 fully saturated rings. The number of amides is 1. The van der Waals surface area contributed by atoms with Crippen molar-refractivity contribution in [3.8, 4) is 0 Å². The van der Waals surface area contributed by atoms with Crippen molar-refractivity contribution in [2.75, 3.05) is 0 Å². The van der Waals surface area contributed by atoms with Crippen molar-refractivity contribution in [2.45, 2.75) is 80.3 Å². The van der Waals surface area contributed by atoms with Gasteiger partial charge in [0, 0.05) is 11.1 Å². The summed E-state index contributed by atoms with van der Waals surface area (Å²) in [4.78, 5) is 12.0. The average molecular weight is 308 g/mol. The maximum Gasteiger partial charge on any atom is 0.428 e. The van der Waals surface area contributed by atoms with Crippen LogP contribution in [0.2, 0.25) is 0 Å². The molecule has 0 heterocycles. The van der Waals surface area contributed by atoms with Crippen molar-refractivity contribution in [3.05, 3.63) is 0 Å². The first-order chi connectivity index (χ1) is 9.98. The van der Waals surface area contributed by atoms with Crippen LogP contribution in [-0.2, 0) is 4.74 Å². The topological polar surface area (TPSA) is 50.7 Å². The SMILES string of the molecule is CC(OC(=O)NN=C1CC2CCCC1(C)C2(C)C)C(C)(C)C. The molecule has 0 spiro atoms. The quantitative estimate of drug-likeness (QED) is 0.749. The minimum absolute atomic E-state index is 0.0671. The summed E-state index contributed by atoms with van der Waals surface area (Å²) in [6, 6.07) is 0. The number of hydrazone groups is 1. The number of hydrogen-bond acceptors (Lipinski definition) is 3. The number of carbonyl (C=O) groups excluding carboxylic acids is 1. The van der Waals surface area contributed by atoms with E-state index in [1.54, 1.807) is 0 Å². The van der Waals surface area contributed by atoms with Gasteiger partial charge in [0.05, 0.1) is 0 Å². The third-order valence-electron chi connectivity index (χ3n) is 6.53. The predicted octanol–water partition coefficient (Wildman–Crippen LogP) is 4.74. The van der Waals surface area contributed by atoms with Gasteiger partial charge in [-0.05, 0) is 42.9 Å². The average Bonchev–Trinajstić information content (AvgIpc) is 2.52. The van der Waals surface area contributed by atoms with Gasteiger partial charge in [0.15, 0.2) is 0 Å². The summed E-state index contributed by atoms with van der Waals surface area (Å²) >= 11 is 0. The molecule has 2 aliphatic rings. The molecule has 0 aromatic rings. The Balaban J connectivity index is 2.04. The third kappa shape index (κ3) is 2.89. The number of hydrogen-bond donors (Lipinski definition) is 1. The third-order valence-corrected chi connectivity index (χ3v) is 6.53. The van der Waals surface area contributed by atoms with E-state index in [2.05, 4.69) is 52.1 Å². The van der Waals surface area contributed by atoms with E-state index in [1.807, 2.05) is 6.92 Å². The molecule has 3 unspecified atom stereocenters. The second kappa shape index (κ2) is 5.54. The van der Waals surface area contributed by atoms with E-state index in [9.17, 15) is 4.79 Å². The monoisotopic (exact) mass is 308 g/mol. The Morgan fingerprint density at radius 1 is 1.36 bits per heavy atom. The lowest BCUT2D eigenvalue weighted by atomic mass is 9.59.